The number of likely N-dealkylation sites (tertiary alicyclic amines) is 1. The van der Waals surface area contributed by atoms with E-state index in [9.17, 15) is 33.0 Å². The number of rotatable bonds is 7. The van der Waals surface area contributed by atoms with E-state index < -0.39 is 34.8 Å². The third-order valence-corrected chi connectivity index (χ3v) is 8.76. The zero-order valence-electron chi connectivity index (χ0n) is 21.3. The second-order valence-electron chi connectivity index (χ2n) is 10.7. The summed E-state index contributed by atoms with van der Waals surface area (Å²) in [7, 11) is 0. The van der Waals surface area contributed by atoms with Gasteiger partial charge in [-0.1, -0.05) is 6.07 Å². The zero-order chi connectivity index (χ0) is 27.7. The van der Waals surface area contributed by atoms with E-state index in [1.807, 2.05) is 0 Å². The van der Waals surface area contributed by atoms with Crippen LogP contribution >= 0.6 is 11.3 Å². The molecule has 1 aliphatic heterocycles. The first-order chi connectivity index (χ1) is 17.7. The van der Waals surface area contributed by atoms with Crippen molar-refractivity contribution in [2.75, 3.05) is 19.6 Å². The van der Waals surface area contributed by atoms with Crippen molar-refractivity contribution in [3.8, 4) is 0 Å². The molecule has 8 nitrogen and oxygen atoms in total. The summed E-state index contributed by atoms with van der Waals surface area (Å²) in [6, 6.07) is 4.24. The van der Waals surface area contributed by atoms with Crippen molar-refractivity contribution < 1.29 is 33.0 Å². The monoisotopic (exact) mass is 554 g/mol. The van der Waals surface area contributed by atoms with Gasteiger partial charge in [-0.2, -0.15) is 13.2 Å². The fourth-order valence-corrected chi connectivity index (χ4v) is 6.11. The fraction of sp³-hybridized carbons (Fsp3) is 0.577. The van der Waals surface area contributed by atoms with Gasteiger partial charge in [-0.05, 0) is 64.2 Å². The van der Waals surface area contributed by atoms with Crippen molar-refractivity contribution in [1.29, 1.82) is 0 Å². The molecule has 1 atom stereocenters. The second kappa shape index (κ2) is 10.9. The summed E-state index contributed by atoms with van der Waals surface area (Å²) < 4.78 is 38.6. The lowest BCUT2D eigenvalue weighted by Crippen LogP contribution is -2.45. The first-order valence-corrected chi connectivity index (χ1v) is 13.5. The van der Waals surface area contributed by atoms with E-state index in [1.165, 1.54) is 17.4 Å². The van der Waals surface area contributed by atoms with Crippen LogP contribution in [0.2, 0.25) is 0 Å². The number of nitrogens with one attached hydrogen (secondary N) is 2. The molecule has 2 heterocycles. The molecule has 4 N–H and O–H groups in total. The summed E-state index contributed by atoms with van der Waals surface area (Å²) in [5.74, 6) is -1.15. The van der Waals surface area contributed by atoms with Crippen LogP contribution in [-0.2, 0) is 22.2 Å². The van der Waals surface area contributed by atoms with Gasteiger partial charge in [0.05, 0.1) is 22.6 Å². The molecule has 0 spiro atoms. The van der Waals surface area contributed by atoms with E-state index in [-0.39, 0.29) is 24.2 Å². The molecule has 0 unspecified atom stereocenters. The number of carbonyl (C=O) groups is 2. The van der Waals surface area contributed by atoms with Crippen LogP contribution in [0.4, 0.5) is 13.2 Å². The van der Waals surface area contributed by atoms with Gasteiger partial charge in [0.25, 0.3) is 5.91 Å². The molecule has 1 saturated heterocycles. The van der Waals surface area contributed by atoms with Crippen LogP contribution in [0, 0.1) is 0 Å². The van der Waals surface area contributed by atoms with Crippen molar-refractivity contribution in [2.24, 2.45) is 0 Å². The Morgan fingerprint density at radius 1 is 1.21 bits per heavy atom. The minimum atomic E-state index is -4.56. The number of nitrogens with zero attached hydrogens (tertiary/aromatic N) is 2. The van der Waals surface area contributed by atoms with Gasteiger partial charge in [0, 0.05) is 36.9 Å². The lowest BCUT2D eigenvalue weighted by atomic mass is 9.82. The zero-order valence-corrected chi connectivity index (χ0v) is 22.2. The highest BCUT2D eigenvalue weighted by molar-refractivity contribution is 7.11. The van der Waals surface area contributed by atoms with Crippen molar-refractivity contribution in [3.63, 3.8) is 0 Å². The van der Waals surface area contributed by atoms with E-state index >= 15 is 0 Å². The Kier molecular flexibility index (Phi) is 8.17. The van der Waals surface area contributed by atoms with Crippen molar-refractivity contribution in [1.82, 2.24) is 20.5 Å². The Balaban J connectivity index is 1.22. The molecule has 0 radical (unpaired) electrons. The number of aliphatic hydroxyl groups is 2. The lowest BCUT2D eigenvalue weighted by Gasteiger charge is -2.38. The molecule has 2 aliphatic rings. The predicted octanol–water partition coefficient (Wildman–Crippen LogP) is 3.14. The molecular formula is C26H33F3N4O4S. The number of halogens is 3. The van der Waals surface area contributed by atoms with Gasteiger partial charge in [-0.3, -0.25) is 14.5 Å². The maximum atomic E-state index is 12.9. The molecule has 38 heavy (non-hydrogen) atoms. The molecule has 0 bridgehead atoms. The Hall–Kier alpha value is -2.54. The molecule has 1 aromatic heterocycles. The van der Waals surface area contributed by atoms with E-state index in [4.69, 9.17) is 0 Å². The minimum Gasteiger partial charge on any atom is -0.385 e. The van der Waals surface area contributed by atoms with Gasteiger partial charge >= 0.3 is 6.18 Å². The summed E-state index contributed by atoms with van der Waals surface area (Å²) in [6.45, 7) is 4.50. The first-order valence-electron chi connectivity index (χ1n) is 12.6. The van der Waals surface area contributed by atoms with Crippen LogP contribution in [0.25, 0.3) is 0 Å². The van der Waals surface area contributed by atoms with Crippen LogP contribution < -0.4 is 10.6 Å². The number of alkyl halides is 3. The summed E-state index contributed by atoms with van der Waals surface area (Å²) in [5, 5.41) is 27.3. The average Bonchev–Trinajstić information content (AvgIpc) is 3.53. The number of amides is 2. The number of hydrogen-bond donors (Lipinski definition) is 4. The molecule has 208 valence electrons. The summed E-state index contributed by atoms with van der Waals surface area (Å²) in [5.41, 5.74) is -3.09. The molecule has 2 aromatic rings. The molecule has 1 aliphatic carbocycles. The quantitative estimate of drug-likeness (QED) is 0.418. The molecule has 2 fully saturated rings. The third-order valence-electron chi connectivity index (χ3n) is 7.25. The molecule has 12 heteroatoms. The molecule has 1 saturated carbocycles. The van der Waals surface area contributed by atoms with Gasteiger partial charge < -0.3 is 20.8 Å². The van der Waals surface area contributed by atoms with Gasteiger partial charge in [-0.15, -0.1) is 11.3 Å². The second-order valence-corrected chi connectivity index (χ2v) is 11.7. The van der Waals surface area contributed by atoms with E-state index in [2.05, 4.69) is 20.5 Å². The summed E-state index contributed by atoms with van der Waals surface area (Å²) in [4.78, 5) is 32.0. The van der Waals surface area contributed by atoms with Crippen LogP contribution in [0.3, 0.4) is 0 Å². The Morgan fingerprint density at radius 2 is 1.92 bits per heavy atom. The van der Waals surface area contributed by atoms with E-state index in [0.29, 0.717) is 29.3 Å². The van der Waals surface area contributed by atoms with Gasteiger partial charge in [0.15, 0.2) is 0 Å². The predicted molar refractivity (Wildman–Crippen MR) is 135 cm³/mol. The van der Waals surface area contributed by atoms with Crippen LogP contribution in [-0.4, -0.2) is 63.6 Å². The Bertz CT molecular complexity index is 1160. The number of benzene rings is 1. The van der Waals surface area contributed by atoms with Gasteiger partial charge in [-0.25, -0.2) is 4.98 Å². The summed E-state index contributed by atoms with van der Waals surface area (Å²) in [6.07, 6.45) is 0.496. The first kappa shape index (κ1) is 28.5. The van der Waals surface area contributed by atoms with Crippen molar-refractivity contribution >= 4 is 23.2 Å². The lowest BCUT2D eigenvalue weighted by molar-refractivity contribution is -0.137. The number of aromatic nitrogens is 1. The maximum Gasteiger partial charge on any atom is 0.416 e. The largest absolute Gasteiger partial charge is 0.416 e. The molecule has 4 rings (SSSR count). The van der Waals surface area contributed by atoms with E-state index in [1.54, 1.807) is 20.0 Å². The van der Waals surface area contributed by atoms with Crippen molar-refractivity contribution in [3.05, 3.63) is 51.5 Å². The normalized spacial score (nSPS) is 24.8. The number of thiazole rings is 1. The summed E-state index contributed by atoms with van der Waals surface area (Å²) >= 11 is 1.34. The standard InChI is InChI=1S/C26H33F3N4O4S/c1-24(2,36)20-13-31-23(38-20)25(37)9-6-19(7-10-25)33-11-8-18(15-33)32-21(34)14-30-22(35)16-4-3-5-17(12-16)26(27,28)29/h3-5,12-13,18-19,36-37H,6-11,14-15H2,1-2H3,(H,30,35)(H,32,34)/t18-,19?,25?/m1/s1. The van der Waals surface area contributed by atoms with Gasteiger partial charge in [0.2, 0.25) is 5.91 Å². The van der Waals surface area contributed by atoms with Crippen molar-refractivity contribution in [2.45, 2.75) is 75.4 Å². The molecular weight excluding hydrogens is 521 g/mol. The Morgan fingerprint density at radius 3 is 2.55 bits per heavy atom. The smallest absolute Gasteiger partial charge is 0.385 e. The van der Waals surface area contributed by atoms with Crippen LogP contribution in [0.15, 0.2) is 30.5 Å². The highest BCUT2D eigenvalue weighted by Gasteiger charge is 2.41. The topological polar surface area (TPSA) is 115 Å². The number of carbonyl (C=O) groups excluding carboxylic acids is 2. The third kappa shape index (κ3) is 6.71. The molecule has 2 amide bonds. The highest BCUT2D eigenvalue weighted by Crippen LogP contribution is 2.42. The number of hydrogen-bond acceptors (Lipinski definition) is 7. The SMILES string of the molecule is CC(C)(O)c1cnc(C2(O)CCC(N3CC[C@@H](NC(=O)CNC(=O)c4cccc(C(F)(F)F)c4)C3)CC2)s1. The maximum absolute atomic E-state index is 12.9. The average molecular weight is 555 g/mol. The minimum absolute atomic E-state index is 0.0953. The van der Waals surface area contributed by atoms with E-state index in [0.717, 1.165) is 44.0 Å². The van der Waals surface area contributed by atoms with Crippen LogP contribution in [0.1, 0.15) is 71.8 Å². The molecule has 1 aromatic carbocycles. The highest BCUT2D eigenvalue weighted by atomic mass is 32.1. The van der Waals surface area contributed by atoms with Gasteiger partial charge in [0.1, 0.15) is 10.6 Å². The van der Waals surface area contributed by atoms with Crippen LogP contribution in [0.5, 0.6) is 0 Å². The fourth-order valence-electron chi connectivity index (χ4n) is 5.05. The Labute approximate surface area is 223 Å².